The molecule has 70 valence electrons. The Kier molecular flexibility index (Phi) is 3.73. The van der Waals surface area contributed by atoms with E-state index in [4.69, 9.17) is 5.11 Å². The van der Waals surface area contributed by atoms with Gasteiger partial charge in [0.05, 0.1) is 6.61 Å². The molecule has 0 aromatic heterocycles. The maximum Gasteiger partial charge on any atom is 0.417 e. The monoisotopic (exact) mass is 174 g/mol. The first-order valence-electron chi connectivity index (χ1n) is 3.73. The highest BCUT2D eigenvalue weighted by molar-refractivity contribution is 6.28. The van der Waals surface area contributed by atoms with Crippen molar-refractivity contribution in [2.24, 2.45) is 5.41 Å². The number of carboxylic acids is 1. The van der Waals surface area contributed by atoms with Crippen molar-refractivity contribution in [3.63, 3.8) is 0 Å². The Bertz CT molecular complexity index is 178. The van der Waals surface area contributed by atoms with Gasteiger partial charge >= 0.3 is 11.9 Å². The molecule has 0 saturated carbocycles. The molecule has 0 fully saturated rings. The first-order valence-corrected chi connectivity index (χ1v) is 3.73. The molecule has 0 rings (SSSR count). The van der Waals surface area contributed by atoms with E-state index < -0.39 is 11.9 Å². The molecular formula is C8H14O4. The fraction of sp³-hybridized carbons (Fsp3) is 0.750. The van der Waals surface area contributed by atoms with Crippen LogP contribution in [-0.4, -0.2) is 23.7 Å². The van der Waals surface area contributed by atoms with Crippen LogP contribution in [0.1, 0.15) is 27.2 Å². The smallest absolute Gasteiger partial charge is 0.417 e. The van der Waals surface area contributed by atoms with E-state index in [0.717, 1.165) is 0 Å². The topological polar surface area (TPSA) is 63.6 Å². The van der Waals surface area contributed by atoms with E-state index in [-0.39, 0.29) is 12.0 Å². The minimum atomic E-state index is -1.54. The summed E-state index contributed by atoms with van der Waals surface area (Å²) in [5.74, 6) is -2.72. The third-order valence-electron chi connectivity index (χ3n) is 1.26. The predicted octanol–water partition coefficient (Wildman–Crippen LogP) is 1.05. The Morgan fingerprint density at radius 3 is 2.17 bits per heavy atom. The lowest BCUT2D eigenvalue weighted by molar-refractivity contribution is -0.164. The van der Waals surface area contributed by atoms with Crippen LogP contribution in [0.2, 0.25) is 0 Å². The van der Waals surface area contributed by atoms with Gasteiger partial charge in [-0.25, -0.2) is 9.59 Å². The maximum absolute atomic E-state index is 10.4. The molecule has 0 aliphatic heterocycles. The number of carbonyl (C=O) groups excluding carboxylic acids is 1. The van der Waals surface area contributed by atoms with Gasteiger partial charge in [-0.3, -0.25) is 0 Å². The minimum absolute atomic E-state index is 0.0543. The highest BCUT2D eigenvalue weighted by Crippen LogP contribution is 2.17. The molecule has 0 heterocycles. The van der Waals surface area contributed by atoms with Crippen LogP contribution in [0.25, 0.3) is 0 Å². The van der Waals surface area contributed by atoms with Crippen molar-refractivity contribution < 1.29 is 19.4 Å². The number of hydrogen-bond acceptors (Lipinski definition) is 3. The van der Waals surface area contributed by atoms with Crippen molar-refractivity contribution in [1.29, 1.82) is 0 Å². The zero-order chi connectivity index (χ0) is 9.78. The van der Waals surface area contributed by atoms with Crippen LogP contribution in [0, 0.1) is 5.41 Å². The van der Waals surface area contributed by atoms with Crippen molar-refractivity contribution in [2.75, 3.05) is 6.61 Å². The van der Waals surface area contributed by atoms with Gasteiger partial charge in [0.2, 0.25) is 0 Å². The standard InChI is InChI=1S/C8H14O4/c1-8(2,3)4-5-12-7(11)6(9)10/h4-5H2,1-3H3,(H,9,10). The number of ether oxygens (including phenoxy) is 1. The molecule has 4 heteroatoms. The first kappa shape index (κ1) is 10.9. The molecule has 0 aliphatic rings. The Labute approximate surface area is 71.5 Å². The van der Waals surface area contributed by atoms with Crippen molar-refractivity contribution in [1.82, 2.24) is 0 Å². The number of carbonyl (C=O) groups is 2. The fourth-order valence-electron chi connectivity index (χ4n) is 0.512. The Morgan fingerprint density at radius 2 is 1.83 bits per heavy atom. The first-order chi connectivity index (χ1) is 5.33. The highest BCUT2D eigenvalue weighted by Gasteiger charge is 2.15. The van der Waals surface area contributed by atoms with Crippen LogP contribution in [0.5, 0.6) is 0 Å². The Hall–Kier alpha value is -1.06. The zero-order valence-corrected chi connectivity index (χ0v) is 7.59. The second-order valence-electron chi connectivity index (χ2n) is 3.75. The Balaban J connectivity index is 3.58. The number of rotatable bonds is 2. The molecule has 0 aliphatic carbocycles. The summed E-state index contributed by atoms with van der Waals surface area (Å²) >= 11 is 0. The van der Waals surface area contributed by atoms with E-state index >= 15 is 0 Å². The van der Waals surface area contributed by atoms with Crippen molar-refractivity contribution in [3.05, 3.63) is 0 Å². The number of carboxylic acid groups (broad SMARTS) is 1. The Morgan fingerprint density at radius 1 is 1.33 bits per heavy atom. The van der Waals surface area contributed by atoms with E-state index in [9.17, 15) is 9.59 Å². The average molecular weight is 174 g/mol. The fourth-order valence-corrected chi connectivity index (χ4v) is 0.512. The van der Waals surface area contributed by atoms with Gasteiger partial charge in [-0.2, -0.15) is 0 Å². The molecule has 1 N–H and O–H groups in total. The van der Waals surface area contributed by atoms with Gasteiger partial charge in [-0.05, 0) is 11.8 Å². The number of esters is 1. The van der Waals surface area contributed by atoms with Gasteiger partial charge in [0.15, 0.2) is 0 Å². The molecule has 12 heavy (non-hydrogen) atoms. The molecule has 0 atom stereocenters. The van der Waals surface area contributed by atoms with Gasteiger partial charge in [0.25, 0.3) is 0 Å². The van der Waals surface area contributed by atoms with Crippen molar-refractivity contribution in [2.45, 2.75) is 27.2 Å². The largest absolute Gasteiger partial charge is 0.473 e. The summed E-state index contributed by atoms with van der Waals surface area (Å²) in [6.07, 6.45) is 0.659. The van der Waals surface area contributed by atoms with Crippen molar-refractivity contribution >= 4 is 11.9 Å². The lowest BCUT2D eigenvalue weighted by Crippen LogP contribution is -2.19. The molecule has 0 amide bonds. The third kappa shape index (κ3) is 5.70. The predicted molar refractivity (Wildman–Crippen MR) is 42.7 cm³/mol. The van der Waals surface area contributed by atoms with Gasteiger partial charge in [0.1, 0.15) is 0 Å². The van der Waals surface area contributed by atoms with E-state index in [1.807, 2.05) is 20.8 Å². The average Bonchev–Trinajstić information content (AvgIpc) is 1.84. The summed E-state index contributed by atoms with van der Waals surface area (Å²) in [4.78, 5) is 20.4. The van der Waals surface area contributed by atoms with Crippen LogP contribution in [-0.2, 0) is 14.3 Å². The molecule has 0 spiro atoms. The van der Waals surface area contributed by atoms with Gasteiger partial charge in [-0.15, -0.1) is 0 Å². The summed E-state index contributed by atoms with van der Waals surface area (Å²) in [5.41, 5.74) is 0.0543. The molecular weight excluding hydrogens is 160 g/mol. The zero-order valence-electron chi connectivity index (χ0n) is 7.59. The minimum Gasteiger partial charge on any atom is -0.473 e. The molecule has 0 bridgehead atoms. The SMILES string of the molecule is CC(C)(C)CCOC(=O)C(=O)O. The van der Waals surface area contributed by atoms with Crippen LogP contribution in [0.3, 0.4) is 0 Å². The number of aliphatic carboxylic acids is 1. The normalized spacial score (nSPS) is 10.9. The maximum atomic E-state index is 10.4. The molecule has 4 nitrogen and oxygen atoms in total. The lowest BCUT2D eigenvalue weighted by Gasteiger charge is -2.16. The molecule has 0 saturated heterocycles. The van der Waals surface area contributed by atoms with E-state index in [1.54, 1.807) is 0 Å². The van der Waals surface area contributed by atoms with Crippen LogP contribution in [0.15, 0.2) is 0 Å². The van der Waals surface area contributed by atoms with Gasteiger partial charge in [-0.1, -0.05) is 20.8 Å². The van der Waals surface area contributed by atoms with Gasteiger partial charge in [0, 0.05) is 0 Å². The lowest BCUT2D eigenvalue weighted by atomic mass is 9.93. The number of hydrogen-bond donors (Lipinski definition) is 1. The van der Waals surface area contributed by atoms with Crippen LogP contribution >= 0.6 is 0 Å². The van der Waals surface area contributed by atoms with Gasteiger partial charge < -0.3 is 9.84 Å². The summed E-state index contributed by atoms with van der Waals surface area (Å²) < 4.78 is 4.44. The summed E-state index contributed by atoms with van der Waals surface area (Å²) in [7, 11) is 0. The summed E-state index contributed by atoms with van der Waals surface area (Å²) in [5, 5.41) is 8.14. The molecule has 0 radical (unpaired) electrons. The van der Waals surface area contributed by atoms with E-state index in [1.165, 1.54) is 0 Å². The van der Waals surface area contributed by atoms with Crippen molar-refractivity contribution in [3.8, 4) is 0 Å². The highest BCUT2D eigenvalue weighted by atomic mass is 16.6. The summed E-state index contributed by atoms with van der Waals surface area (Å²) in [6, 6.07) is 0. The molecule has 0 unspecified atom stereocenters. The molecule has 0 aromatic carbocycles. The van der Waals surface area contributed by atoms with Crippen LogP contribution in [0.4, 0.5) is 0 Å². The third-order valence-corrected chi connectivity index (χ3v) is 1.26. The second kappa shape index (κ2) is 4.09. The summed E-state index contributed by atoms with van der Waals surface area (Å²) in [6.45, 7) is 6.12. The molecule has 0 aromatic rings. The van der Waals surface area contributed by atoms with E-state index in [0.29, 0.717) is 6.42 Å². The van der Waals surface area contributed by atoms with E-state index in [2.05, 4.69) is 4.74 Å². The van der Waals surface area contributed by atoms with Crippen LogP contribution < -0.4 is 0 Å². The second-order valence-corrected chi connectivity index (χ2v) is 3.75. The quantitative estimate of drug-likeness (QED) is 0.502.